The first-order chi connectivity index (χ1) is 23.5. The number of rotatable bonds is 7. The minimum atomic E-state index is -1.45. The number of nitrogens with zero attached hydrogens (tertiary/aromatic N) is 3. The standard InChI is InChI=1S/C37H40FN5O6/c1-37(2,3)49-36(45)43-14-10-30(28(38)21-43)42-35(44)23-5-7-27(32(18-23)46-4)33-19-31-34(48-33)26(9-13-40-31)22-6-8-29(24(17-22)20-39)41-25-11-15-47-16-12-25/h5-9,13,17-19,25,28,30,41H,10-12,14-16,21H2,1-4H3,(H,42,44). The third-order valence-electron chi connectivity index (χ3n) is 8.68. The Labute approximate surface area is 284 Å². The van der Waals surface area contributed by atoms with E-state index in [-0.39, 0.29) is 31.1 Å². The Morgan fingerprint density at radius 2 is 1.86 bits per heavy atom. The van der Waals surface area contributed by atoms with E-state index in [0.717, 1.165) is 29.7 Å². The van der Waals surface area contributed by atoms with Crippen molar-refractivity contribution in [1.29, 1.82) is 5.26 Å². The Morgan fingerprint density at radius 3 is 2.57 bits per heavy atom. The molecule has 0 spiro atoms. The van der Waals surface area contributed by atoms with Crippen molar-refractivity contribution in [3.63, 3.8) is 0 Å². The number of methoxy groups -OCH3 is 1. The molecule has 2 N–H and O–H groups in total. The van der Waals surface area contributed by atoms with Gasteiger partial charge in [0.15, 0.2) is 5.58 Å². The van der Waals surface area contributed by atoms with Gasteiger partial charge in [0.25, 0.3) is 5.91 Å². The number of amides is 2. The minimum absolute atomic E-state index is 0.167. The van der Waals surface area contributed by atoms with Gasteiger partial charge < -0.3 is 34.2 Å². The zero-order chi connectivity index (χ0) is 34.7. The Morgan fingerprint density at radius 1 is 1.06 bits per heavy atom. The van der Waals surface area contributed by atoms with Crippen LogP contribution in [0, 0.1) is 11.3 Å². The highest BCUT2D eigenvalue weighted by atomic mass is 19.1. The number of furan rings is 1. The molecule has 4 heterocycles. The van der Waals surface area contributed by atoms with Gasteiger partial charge in [-0.25, -0.2) is 9.18 Å². The molecule has 0 aliphatic carbocycles. The van der Waals surface area contributed by atoms with Crippen molar-refractivity contribution in [2.75, 3.05) is 38.7 Å². The van der Waals surface area contributed by atoms with Crippen LogP contribution in [-0.2, 0) is 9.47 Å². The molecule has 2 saturated heterocycles. The summed E-state index contributed by atoms with van der Waals surface area (Å²) in [7, 11) is 1.50. The molecule has 0 radical (unpaired) electrons. The Bertz CT molecular complexity index is 1890. The van der Waals surface area contributed by atoms with E-state index in [2.05, 4.69) is 21.7 Å². The predicted molar refractivity (Wildman–Crippen MR) is 182 cm³/mol. The second-order valence-corrected chi connectivity index (χ2v) is 13.3. The smallest absolute Gasteiger partial charge is 0.410 e. The summed E-state index contributed by atoms with van der Waals surface area (Å²) in [6.07, 6.45) is 1.69. The fraction of sp³-hybridized carbons (Fsp3) is 0.405. The van der Waals surface area contributed by atoms with E-state index in [9.17, 15) is 14.9 Å². The van der Waals surface area contributed by atoms with E-state index in [1.165, 1.54) is 12.0 Å². The molecule has 49 heavy (non-hydrogen) atoms. The van der Waals surface area contributed by atoms with E-state index >= 15 is 4.39 Å². The van der Waals surface area contributed by atoms with Gasteiger partial charge in [0.1, 0.15) is 34.9 Å². The number of halogens is 1. The van der Waals surface area contributed by atoms with E-state index in [0.29, 0.717) is 47.0 Å². The van der Waals surface area contributed by atoms with Crippen molar-refractivity contribution in [2.45, 2.75) is 63.9 Å². The normalized spacial score (nSPS) is 18.5. The molecule has 2 aliphatic rings. The number of aromatic nitrogens is 1. The molecule has 2 aromatic heterocycles. The Hall–Kier alpha value is -5.15. The first-order valence-corrected chi connectivity index (χ1v) is 16.4. The minimum Gasteiger partial charge on any atom is -0.496 e. The first kappa shape index (κ1) is 33.7. The number of hydrogen-bond acceptors (Lipinski definition) is 9. The molecule has 11 nitrogen and oxygen atoms in total. The van der Waals surface area contributed by atoms with Crippen molar-refractivity contribution in [3.8, 4) is 34.3 Å². The molecule has 2 atom stereocenters. The predicted octanol–water partition coefficient (Wildman–Crippen LogP) is 6.71. The van der Waals surface area contributed by atoms with Gasteiger partial charge in [-0.15, -0.1) is 0 Å². The molecular formula is C37H40FN5O6. The third kappa shape index (κ3) is 7.62. The zero-order valence-electron chi connectivity index (χ0n) is 28.0. The van der Waals surface area contributed by atoms with Crippen LogP contribution in [0.15, 0.2) is 59.1 Å². The van der Waals surface area contributed by atoms with Crippen molar-refractivity contribution < 1.29 is 32.6 Å². The summed E-state index contributed by atoms with van der Waals surface area (Å²) in [5.41, 5.74) is 4.27. The van der Waals surface area contributed by atoms with E-state index in [1.807, 2.05) is 24.3 Å². The number of hydrogen-bond donors (Lipinski definition) is 2. The molecule has 2 fully saturated rings. The fourth-order valence-electron chi connectivity index (χ4n) is 6.14. The zero-order valence-corrected chi connectivity index (χ0v) is 28.0. The second kappa shape index (κ2) is 14.1. The maximum atomic E-state index is 15.1. The molecule has 0 bridgehead atoms. The van der Waals surface area contributed by atoms with Crippen LogP contribution in [0.25, 0.3) is 33.6 Å². The van der Waals surface area contributed by atoms with Crippen molar-refractivity contribution in [2.24, 2.45) is 0 Å². The second-order valence-electron chi connectivity index (χ2n) is 13.3. The average molecular weight is 670 g/mol. The SMILES string of the molecule is COc1cc(C(=O)NC2CCN(C(=O)OC(C)(C)C)CC2F)ccc1-c1cc2nccc(-c3ccc(NC4CCOCC4)c(C#N)c3)c2o1. The van der Waals surface area contributed by atoms with Gasteiger partial charge in [-0.05, 0) is 82.0 Å². The number of fused-ring (bicyclic) bond motifs is 1. The lowest BCUT2D eigenvalue weighted by molar-refractivity contribution is 0.00971. The number of alkyl halides is 1. The largest absolute Gasteiger partial charge is 0.496 e. The van der Waals surface area contributed by atoms with Gasteiger partial charge in [-0.2, -0.15) is 5.26 Å². The van der Waals surface area contributed by atoms with E-state index in [4.69, 9.17) is 18.6 Å². The number of ether oxygens (including phenoxy) is 3. The molecule has 256 valence electrons. The van der Waals surface area contributed by atoms with Gasteiger partial charge >= 0.3 is 6.09 Å². The topological polar surface area (TPSA) is 139 Å². The van der Waals surface area contributed by atoms with Gasteiger partial charge in [-0.3, -0.25) is 9.78 Å². The summed E-state index contributed by atoms with van der Waals surface area (Å²) in [6.45, 7) is 6.76. The van der Waals surface area contributed by atoms with Crippen molar-refractivity contribution >= 4 is 28.8 Å². The number of nitrogens with one attached hydrogen (secondary N) is 2. The van der Waals surface area contributed by atoms with Gasteiger partial charge in [0.2, 0.25) is 0 Å². The van der Waals surface area contributed by atoms with E-state index in [1.54, 1.807) is 51.2 Å². The lowest BCUT2D eigenvalue weighted by Gasteiger charge is -2.35. The molecule has 6 rings (SSSR count). The number of likely N-dealkylation sites (tertiary alicyclic amines) is 1. The first-order valence-electron chi connectivity index (χ1n) is 16.4. The summed E-state index contributed by atoms with van der Waals surface area (Å²) in [6, 6.07) is 16.1. The molecule has 2 aromatic carbocycles. The summed E-state index contributed by atoms with van der Waals surface area (Å²) >= 11 is 0. The molecule has 4 aromatic rings. The lowest BCUT2D eigenvalue weighted by Crippen LogP contribution is -2.54. The maximum Gasteiger partial charge on any atom is 0.410 e. The van der Waals surface area contributed by atoms with Crippen LogP contribution in [0.4, 0.5) is 14.9 Å². The highest BCUT2D eigenvalue weighted by Crippen LogP contribution is 2.38. The number of carbonyl (C=O) groups is 2. The highest BCUT2D eigenvalue weighted by Gasteiger charge is 2.34. The molecule has 0 saturated carbocycles. The lowest BCUT2D eigenvalue weighted by atomic mass is 10.0. The van der Waals surface area contributed by atoms with Gasteiger partial charge in [0, 0.05) is 49.2 Å². The van der Waals surface area contributed by atoms with E-state index < -0.39 is 29.8 Å². The Balaban J connectivity index is 1.19. The number of pyridine rings is 1. The van der Waals surface area contributed by atoms with Crippen LogP contribution in [0.1, 0.15) is 56.0 Å². The summed E-state index contributed by atoms with van der Waals surface area (Å²) in [4.78, 5) is 31.4. The molecule has 2 aliphatic heterocycles. The van der Waals surface area contributed by atoms with Crippen molar-refractivity contribution in [1.82, 2.24) is 15.2 Å². The van der Waals surface area contributed by atoms with Crippen LogP contribution in [0.2, 0.25) is 0 Å². The summed E-state index contributed by atoms with van der Waals surface area (Å²) in [5.74, 6) is 0.412. The quantitative estimate of drug-likeness (QED) is 0.220. The fourth-order valence-corrected chi connectivity index (χ4v) is 6.14. The molecule has 2 amide bonds. The van der Waals surface area contributed by atoms with Crippen LogP contribution < -0.4 is 15.4 Å². The van der Waals surface area contributed by atoms with Gasteiger partial charge in [0.05, 0.1) is 36.5 Å². The summed E-state index contributed by atoms with van der Waals surface area (Å²) in [5, 5.41) is 16.2. The van der Waals surface area contributed by atoms with Crippen LogP contribution in [0.3, 0.4) is 0 Å². The maximum absolute atomic E-state index is 15.1. The molecule has 12 heteroatoms. The molecular weight excluding hydrogens is 629 g/mol. The average Bonchev–Trinajstić information content (AvgIpc) is 3.53. The van der Waals surface area contributed by atoms with Crippen LogP contribution >= 0.6 is 0 Å². The highest BCUT2D eigenvalue weighted by molar-refractivity contribution is 5.97. The van der Waals surface area contributed by atoms with Gasteiger partial charge in [-0.1, -0.05) is 6.07 Å². The molecule has 2 unspecified atom stereocenters. The number of benzene rings is 2. The van der Waals surface area contributed by atoms with Crippen LogP contribution in [-0.4, -0.2) is 79.2 Å². The van der Waals surface area contributed by atoms with Crippen molar-refractivity contribution in [3.05, 3.63) is 65.9 Å². The van der Waals surface area contributed by atoms with Crippen LogP contribution in [0.5, 0.6) is 5.75 Å². The third-order valence-corrected chi connectivity index (χ3v) is 8.68. The summed E-state index contributed by atoms with van der Waals surface area (Å²) < 4.78 is 37.9. The monoisotopic (exact) mass is 669 g/mol. The number of carbonyl (C=O) groups excluding carboxylic acids is 2. The Kier molecular flexibility index (Phi) is 9.74. The number of anilines is 1. The number of piperidine rings is 1. The number of nitriles is 1.